The van der Waals surface area contributed by atoms with E-state index < -0.39 is 0 Å². The quantitative estimate of drug-likeness (QED) is 0.518. The van der Waals surface area contributed by atoms with Crippen LogP contribution in [0.4, 0.5) is 5.69 Å². The third kappa shape index (κ3) is 4.91. The number of rotatable bonds is 7. The molecule has 1 aromatic carbocycles. The number of nitrogens with one attached hydrogen (secondary N) is 2. The molecule has 5 heteroatoms. The summed E-state index contributed by atoms with van der Waals surface area (Å²) in [4.78, 5) is 23.3. The smallest absolute Gasteiger partial charge is 0.251 e. The Hall–Kier alpha value is -2.04. The molecule has 1 fully saturated rings. The number of benzene rings is 1. The molecule has 20 heavy (non-hydrogen) atoms. The van der Waals surface area contributed by atoms with Crippen molar-refractivity contribution in [3.63, 3.8) is 0 Å². The molecule has 108 valence electrons. The summed E-state index contributed by atoms with van der Waals surface area (Å²) in [5.74, 6) is 0.472. The van der Waals surface area contributed by atoms with E-state index in [2.05, 4.69) is 10.6 Å². The summed E-state index contributed by atoms with van der Waals surface area (Å²) in [6.45, 7) is 0.694. The van der Waals surface area contributed by atoms with Gasteiger partial charge in [-0.2, -0.15) is 0 Å². The second kappa shape index (κ2) is 6.93. The van der Waals surface area contributed by atoms with Gasteiger partial charge in [-0.1, -0.05) is 12.8 Å². The lowest BCUT2D eigenvalue weighted by Crippen LogP contribution is -2.37. The molecule has 0 atom stereocenters. The second-order valence-electron chi connectivity index (χ2n) is 5.24. The molecule has 0 saturated heterocycles. The summed E-state index contributed by atoms with van der Waals surface area (Å²) in [6, 6.07) is 6.59. The highest BCUT2D eigenvalue weighted by atomic mass is 16.2. The van der Waals surface area contributed by atoms with E-state index in [1.54, 1.807) is 24.3 Å². The van der Waals surface area contributed by atoms with Crippen LogP contribution in [0.15, 0.2) is 24.3 Å². The standard InChI is InChI=1S/C15H21N3O2/c16-13-7-5-12(6-8-13)15(20)18-10-14(19)17-9-1-2-11-3-4-11/h5-8,11H,1-4,9-10,16H2,(H,17,19)(H,18,20). The summed E-state index contributed by atoms with van der Waals surface area (Å²) in [5, 5.41) is 5.40. The SMILES string of the molecule is Nc1ccc(C(=O)NCC(=O)NCCCC2CC2)cc1. The Balaban J connectivity index is 1.61. The molecular weight excluding hydrogens is 254 g/mol. The van der Waals surface area contributed by atoms with Crippen LogP contribution in [0.1, 0.15) is 36.0 Å². The van der Waals surface area contributed by atoms with Crippen LogP contribution in [0.25, 0.3) is 0 Å². The molecule has 0 unspecified atom stereocenters. The van der Waals surface area contributed by atoms with E-state index >= 15 is 0 Å². The first-order valence-corrected chi connectivity index (χ1v) is 7.05. The molecule has 2 rings (SSSR count). The molecule has 5 nitrogen and oxygen atoms in total. The highest BCUT2D eigenvalue weighted by Crippen LogP contribution is 2.33. The Morgan fingerprint density at radius 1 is 1.15 bits per heavy atom. The van der Waals surface area contributed by atoms with Gasteiger partial charge >= 0.3 is 0 Å². The monoisotopic (exact) mass is 275 g/mol. The number of anilines is 1. The minimum atomic E-state index is -0.266. The predicted octanol–water partition coefficient (Wildman–Crippen LogP) is 1.30. The van der Waals surface area contributed by atoms with E-state index in [-0.39, 0.29) is 18.4 Å². The fourth-order valence-electron chi connectivity index (χ4n) is 1.98. The third-order valence-corrected chi connectivity index (χ3v) is 3.39. The number of nitrogens with two attached hydrogens (primary N) is 1. The van der Waals surface area contributed by atoms with Crippen molar-refractivity contribution in [1.82, 2.24) is 10.6 Å². The van der Waals surface area contributed by atoms with Gasteiger partial charge in [-0.05, 0) is 43.0 Å². The van der Waals surface area contributed by atoms with E-state index in [0.717, 1.165) is 12.3 Å². The van der Waals surface area contributed by atoms with Crippen molar-refractivity contribution in [2.24, 2.45) is 5.92 Å². The summed E-state index contributed by atoms with van der Waals surface area (Å²) >= 11 is 0. The predicted molar refractivity (Wildman–Crippen MR) is 78.2 cm³/mol. The third-order valence-electron chi connectivity index (χ3n) is 3.39. The average molecular weight is 275 g/mol. The Morgan fingerprint density at radius 2 is 1.85 bits per heavy atom. The van der Waals surface area contributed by atoms with Gasteiger partial charge in [-0.3, -0.25) is 9.59 Å². The number of hydrogen-bond acceptors (Lipinski definition) is 3. The first kappa shape index (κ1) is 14.4. The van der Waals surface area contributed by atoms with Crippen molar-refractivity contribution in [3.8, 4) is 0 Å². The Kier molecular flexibility index (Phi) is 4.98. The number of carbonyl (C=O) groups excluding carboxylic acids is 2. The normalized spacial score (nSPS) is 13.8. The lowest BCUT2D eigenvalue weighted by atomic mass is 10.2. The molecule has 4 N–H and O–H groups in total. The molecule has 0 heterocycles. The molecule has 0 aliphatic heterocycles. The zero-order valence-electron chi connectivity index (χ0n) is 11.5. The Morgan fingerprint density at radius 3 is 2.50 bits per heavy atom. The van der Waals surface area contributed by atoms with E-state index in [0.29, 0.717) is 17.8 Å². The minimum absolute atomic E-state index is 0.00659. The Bertz CT molecular complexity index is 467. The van der Waals surface area contributed by atoms with Gasteiger partial charge in [0, 0.05) is 17.8 Å². The maximum absolute atomic E-state index is 11.8. The fraction of sp³-hybridized carbons (Fsp3) is 0.467. The highest BCUT2D eigenvalue weighted by molar-refractivity contribution is 5.96. The van der Waals surface area contributed by atoms with Crippen LogP contribution < -0.4 is 16.4 Å². The van der Waals surface area contributed by atoms with E-state index in [1.165, 1.54) is 19.3 Å². The van der Waals surface area contributed by atoms with Crippen LogP contribution in [-0.4, -0.2) is 24.9 Å². The first-order chi connectivity index (χ1) is 9.65. The zero-order chi connectivity index (χ0) is 14.4. The molecule has 0 aromatic heterocycles. The van der Waals surface area contributed by atoms with Crippen LogP contribution in [0, 0.1) is 5.92 Å². The van der Waals surface area contributed by atoms with Crippen LogP contribution >= 0.6 is 0 Å². The molecule has 1 aliphatic carbocycles. The zero-order valence-corrected chi connectivity index (χ0v) is 11.5. The highest BCUT2D eigenvalue weighted by Gasteiger charge is 2.20. The summed E-state index contributed by atoms with van der Waals surface area (Å²) in [5.41, 5.74) is 6.65. The van der Waals surface area contributed by atoms with Gasteiger partial charge in [0.25, 0.3) is 5.91 Å². The van der Waals surface area contributed by atoms with Crippen molar-refractivity contribution in [2.75, 3.05) is 18.8 Å². The van der Waals surface area contributed by atoms with E-state index in [4.69, 9.17) is 5.73 Å². The molecule has 0 spiro atoms. The van der Waals surface area contributed by atoms with Gasteiger partial charge in [0.2, 0.25) is 5.91 Å². The van der Waals surface area contributed by atoms with Crippen LogP contribution in [0.5, 0.6) is 0 Å². The lowest BCUT2D eigenvalue weighted by molar-refractivity contribution is -0.120. The van der Waals surface area contributed by atoms with Crippen molar-refractivity contribution in [1.29, 1.82) is 0 Å². The van der Waals surface area contributed by atoms with Gasteiger partial charge in [0.15, 0.2) is 0 Å². The largest absolute Gasteiger partial charge is 0.399 e. The molecule has 1 aromatic rings. The van der Waals surface area contributed by atoms with E-state index in [1.807, 2.05) is 0 Å². The number of carbonyl (C=O) groups is 2. The van der Waals surface area contributed by atoms with E-state index in [9.17, 15) is 9.59 Å². The van der Waals surface area contributed by atoms with Crippen LogP contribution in [0.3, 0.4) is 0 Å². The lowest BCUT2D eigenvalue weighted by Gasteiger charge is -2.07. The summed E-state index contributed by atoms with van der Waals surface area (Å²) in [7, 11) is 0. The maximum atomic E-state index is 11.8. The molecule has 2 amide bonds. The average Bonchev–Trinajstić information content (AvgIpc) is 3.26. The van der Waals surface area contributed by atoms with Gasteiger partial charge < -0.3 is 16.4 Å². The molecule has 0 radical (unpaired) electrons. The second-order valence-corrected chi connectivity index (χ2v) is 5.24. The van der Waals surface area contributed by atoms with Gasteiger partial charge in [0.05, 0.1) is 6.54 Å². The molecule has 0 bridgehead atoms. The minimum Gasteiger partial charge on any atom is -0.399 e. The van der Waals surface area contributed by atoms with Crippen molar-refractivity contribution in [3.05, 3.63) is 29.8 Å². The number of nitrogen functional groups attached to an aromatic ring is 1. The molecule has 1 aliphatic rings. The van der Waals surface area contributed by atoms with Crippen LogP contribution in [-0.2, 0) is 4.79 Å². The van der Waals surface area contributed by atoms with Crippen molar-refractivity contribution in [2.45, 2.75) is 25.7 Å². The van der Waals surface area contributed by atoms with Gasteiger partial charge in [0.1, 0.15) is 0 Å². The van der Waals surface area contributed by atoms with Crippen molar-refractivity contribution < 1.29 is 9.59 Å². The fourth-order valence-corrected chi connectivity index (χ4v) is 1.98. The maximum Gasteiger partial charge on any atom is 0.251 e. The number of amides is 2. The van der Waals surface area contributed by atoms with Gasteiger partial charge in [-0.15, -0.1) is 0 Å². The summed E-state index contributed by atoms with van der Waals surface area (Å²) in [6.07, 6.45) is 4.89. The summed E-state index contributed by atoms with van der Waals surface area (Å²) < 4.78 is 0. The topological polar surface area (TPSA) is 84.2 Å². The molecule has 1 saturated carbocycles. The Labute approximate surface area is 118 Å². The number of hydrogen-bond donors (Lipinski definition) is 3. The van der Waals surface area contributed by atoms with Gasteiger partial charge in [-0.25, -0.2) is 0 Å². The van der Waals surface area contributed by atoms with Crippen molar-refractivity contribution >= 4 is 17.5 Å². The van der Waals surface area contributed by atoms with Crippen LogP contribution in [0.2, 0.25) is 0 Å². The first-order valence-electron chi connectivity index (χ1n) is 7.05. The molecular formula is C15H21N3O2.